The number of hydrazone groups is 1. The van der Waals surface area contributed by atoms with Gasteiger partial charge in [-0.25, -0.2) is 10.2 Å². The third-order valence-corrected chi connectivity index (χ3v) is 6.64. The molecule has 0 aliphatic heterocycles. The third-order valence-electron chi connectivity index (χ3n) is 6.64. The molecular formula is C23H33N3O2. The zero-order valence-electron chi connectivity index (χ0n) is 17.1. The van der Waals surface area contributed by atoms with Gasteiger partial charge in [0.05, 0.1) is 12.8 Å². The molecule has 0 saturated heterocycles. The van der Waals surface area contributed by atoms with Gasteiger partial charge in [0.1, 0.15) is 5.75 Å². The van der Waals surface area contributed by atoms with Gasteiger partial charge in [-0.05, 0) is 98.4 Å². The summed E-state index contributed by atoms with van der Waals surface area (Å²) in [5.41, 5.74) is 3.61. The van der Waals surface area contributed by atoms with Crippen molar-refractivity contribution < 1.29 is 9.53 Å². The minimum atomic E-state index is -0.174. The quantitative estimate of drug-likeness (QED) is 0.529. The van der Waals surface area contributed by atoms with Crippen molar-refractivity contribution >= 4 is 12.2 Å². The van der Waals surface area contributed by atoms with Gasteiger partial charge in [-0.15, -0.1) is 0 Å². The summed E-state index contributed by atoms with van der Waals surface area (Å²) < 4.78 is 5.72. The van der Waals surface area contributed by atoms with Crippen LogP contribution in [0.25, 0.3) is 0 Å². The van der Waals surface area contributed by atoms with Crippen molar-refractivity contribution in [1.29, 1.82) is 0 Å². The molecule has 0 heterocycles. The van der Waals surface area contributed by atoms with Crippen LogP contribution in [0.3, 0.4) is 0 Å². The number of ether oxygens (including phenoxy) is 1. The van der Waals surface area contributed by atoms with E-state index in [1.165, 1.54) is 19.3 Å². The van der Waals surface area contributed by atoms with Crippen molar-refractivity contribution in [3.63, 3.8) is 0 Å². The molecule has 152 valence electrons. The Morgan fingerprint density at radius 1 is 1.14 bits per heavy atom. The van der Waals surface area contributed by atoms with Crippen molar-refractivity contribution in [3.05, 3.63) is 29.8 Å². The summed E-state index contributed by atoms with van der Waals surface area (Å²) in [4.78, 5) is 12.4. The molecule has 4 aliphatic rings. The Bertz CT molecular complexity index is 676. The standard InChI is InChI=1S/C23H33N3O2/c1-16(2)7-8-28-21-5-3-17(4-6-21)15-24-26-22(27)25-23-12-18-9-19(13-23)11-20(10-18)14-23/h3-6,15-16,18-20H,7-14H2,1-2H3,(H2,25,26,27)/b24-15-. The Kier molecular flexibility index (Phi) is 5.61. The monoisotopic (exact) mass is 383 g/mol. The molecule has 4 bridgehead atoms. The fourth-order valence-electron chi connectivity index (χ4n) is 5.76. The van der Waals surface area contributed by atoms with Crippen LogP contribution in [0.2, 0.25) is 0 Å². The molecule has 2 amide bonds. The lowest BCUT2D eigenvalue weighted by atomic mass is 9.53. The van der Waals surface area contributed by atoms with E-state index in [0.717, 1.165) is 61.4 Å². The Labute approximate surface area is 168 Å². The average molecular weight is 384 g/mol. The highest BCUT2D eigenvalue weighted by Gasteiger charge is 2.51. The van der Waals surface area contributed by atoms with Crippen molar-refractivity contribution in [3.8, 4) is 5.75 Å². The number of urea groups is 1. The summed E-state index contributed by atoms with van der Waals surface area (Å²) >= 11 is 0. The molecule has 2 N–H and O–H groups in total. The van der Waals surface area contributed by atoms with E-state index >= 15 is 0 Å². The molecule has 4 saturated carbocycles. The number of hydrogen-bond acceptors (Lipinski definition) is 3. The molecule has 0 aromatic heterocycles. The molecule has 4 fully saturated rings. The first kappa shape index (κ1) is 19.3. The fourth-order valence-corrected chi connectivity index (χ4v) is 5.76. The van der Waals surface area contributed by atoms with Crippen LogP contribution in [0.15, 0.2) is 29.4 Å². The number of nitrogens with zero attached hydrogens (tertiary/aromatic N) is 1. The fraction of sp³-hybridized carbons (Fsp3) is 0.652. The normalized spacial score (nSPS) is 30.8. The van der Waals surface area contributed by atoms with Crippen molar-refractivity contribution in [2.24, 2.45) is 28.8 Å². The molecule has 0 unspecified atom stereocenters. The maximum Gasteiger partial charge on any atom is 0.335 e. The summed E-state index contributed by atoms with van der Waals surface area (Å²) in [7, 11) is 0. The van der Waals surface area contributed by atoms with Gasteiger partial charge in [-0.2, -0.15) is 5.10 Å². The summed E-state index contributed by atoms with van der Waals surface area (Å²) in [6, 6.07) is 7.61. The molecule has 0 spiro atoms. The van der Waals surface area contributed by atoms with E-state index < -0.39 is 0 Å². The largest absolute Gasteiger partial charge is 0.494 e. The number of hydrogen-bond donors (Lipinski definition) is 2. The highest BCUT2D eigenvalue weighted by atomic mass is 16.5. The van der Waals surface area contributed by atoms with Crippen LogP contribution in [-0.4, -0.2) is 24.4 Å². The average Bonchev–Trinajstić information content (AvgIpc) is 2.61. The van der Waals surface area contributed by atoms with E-state index in [-0.39, 0.29) is 11.6 Å². The lowest BCUT2D eigenvalue weighted by Crippen LogP contribution is -2.61. The van der Waals surface area contributed by atoms with Crippen molar-refractivity contribution in [1.82, 2.24) is 10.7 Å². The van der Waals surface area contributed by atoms with Crippen LogP contribution < -0.4 is 15.5 Å². The van der Waals surface area contributed by atoms with Crippen LogP contribution in [-0.2, 0) is 0 Å². The summed E-state index contributed by atoms with van der Waals surface area (Å²) in [6.45, 7) is 5.11. The van der Waals surface area contributed by atoms with Crippen molar-refractivity contribution in [2.75, 3.05) is 6.61 Å². The molecular weight excluding hydrogens is 350 g/mol. The minimum absolute atomic E-state index is 0.0172. The van der Waals surface area contributed by atoms with Gasteiger partial charge in [-0.1, -0.05) is 13.8 Å². The van der Waals surface area contributed by atoms with E-state index in [9.17, 15) is 4.79 Å². The van der Waals surface area contributed by atoms with Gasteiger partial charge < -0.3 is 10.1 Å². The van der Waals surface area contributed by atoms with Crippen LogP contribution in [0.4, 0.5) is 4.79 Å². The molecule has 5 rings (SSSR count). The van der Waals surface area contributed by atoms with E-state index in [4.69, 9.17) is 4.74 Å². The van der Waals surface area contributed by atoms with E-state index in [1.807, 2.05) is 24.3 Å². The van der Waals surface area contributed by atoms with Crippen LogP contribution >= 0.6 is 0 Å². The molecule has 28 heavy (non-hydrogen) atoms. The maximum atomic E-state index is 12.4. The topological polar surface area (TPSA) is 62.7 Å². The highest BCUT2D eigenvalue weighted by Crippen LogP contribution is 2.55. The molecule has 5 nitrogen and oxygen atoms in total. The maximum absolute atomic E-state index is 12.4. The third kappa shape index (κ3) is 4.68. The van der Waals surface area contributed by atoms with E-state index in [2.05, 4.69) is 29.7 Å². The predicted molar refractivity (Wildman–Crippen MR) is 112 cm³/mol. The Morgan fingerprint density at radius 2 is 1.75 bits per heavy atom. The Balaban J connectivity index is 1.24. The Hall–Kier alpha value is -2.04. The van der Waals surface area contributed by atoms with Crippen LogP contribution in [0.1, 0.15) is 64.4 Å². The number of rotatable bonds is 7. The van der Waals surface area contributed by atoms with Gasteiger partial charge in [-0.3, -0.25) is 0 Å². The number of carbonyl (C=O) groups excluding carboxylic acids is 1. The van der Waals surface area contributed by atoms with Gasteiger partial charge in [0, 0.05) is 5.54 Å². The summed E-state index contributed by atoms with van der Waals surface area (Å²) in [5.74, 6) is 3.95. The van der Waals surface area contributed by atoms with Gasteiger partial charge in [0.2, 0.25) is 0 Å². The highest BCUT2D eigenvalue weighted by molar-refractivity contribution is 5.82. The lowest BCUT2D eigenvalue weighted by molar-refractivity contribution is -0.0135. The smallest absolute Gasteiger partial charge is 0.335 e. The zero-order chi connectivity index (χ0) is 19.6. The summed E-state index contributed by atoms with van der Waals surface area (Å²) in [6.07, 6.45) is 10.3. The second-order valence-corrected chi connectivity index (χ2v) is 9.62. The Morgan fingerprint density at radius 3 is 2.32 bits per heavy atom. The van der Waals surface area contributed by atoms with Gasteiger partial charge in [0.15, 0.2) is 0 Å². The van der Waals surface area contributed by atoms with Crippen molar-refractivity contribution in [2.45, 2.75) is 64.3 Å². The van der Waals surface area contributed by atoms with E-state index in [1.54, 1.807) is 6.21 Å². The van der Waals surface area contributed by atoms with Crippen LogP contribution in [0, 0.1) is 23.7 Å². The second kappa shape index (κ2) is 8.14. The summed E-state index contributed by atoms with van der Waals surface area (Å²) in [5, 5.41) is 7.40. The van der Waals surface area contributed by atoms with E-state index in [0.29, 0.717) is 5.92 Å². The molecule has 1 aromatic rings. The molecule has 4 aliphatic carbocycles. The molecule has 0 atom stereocenters. The number of carbonyl (C=O) groups is 1. The molecule has 5 heteroatoms. The second-order valence-electron chi connectivity index (χ2n) is 9.62. The first-order valence-electron chi connectivity index (χ1n) is 10.8. The van der Waals surface area contributed by atoms with Gasteiger partial charge in [0.25, 0.3) is 0 Å². The minimum Gasteiger partial charge on any atom is -0.494 e. The predicted octanol–water partition coefficient (Wildman–Crippen LogP) is 4.71. The lowest BCUT2D eigenvalue weighted by Gasteiger charge is -2.56. The van der Waals surface area contributed by atoms with Crippen LogP contribution in [0.5, 0.6) is 5.75 Å². The first-order valence-corrected chi connectivity index (χ1v) is 10.8. The number of nitrogens with one attached hydrogen (secondary N) is 2. The first-order chi connectivity index (χ1) is 13.5. The van der Waals surface area contributed by atoms with Gasteiger partial charge >= 0.3 is 6.03 Å². The number of benzene rings is 1. The zero-order valence-corrected chi connectivity index (χ0v) is 17.1. The molecule has 1 aromatic carbocycles. The molecule has 0 radical (unpaired) electrons. The number of amides is 2. The SMILES string of the molecule is CC(C)CCOc1ccc(/C=N\NC(=O)NC23CC4CC(CC(C4)C2)C3)cc1.